The average Bonchev–Trinajstić information content (AvgIpc) is 3.02. The van der Waals surface area contributed by atoms with E-state index >= 15 is 0 Å². The lowest BCUT2D eigenvalue weighted by Crippen LogP contribution is -2.88. The fraction of sp³-hybridized carbons (Fsp3) is 1.00. The Morgan fingerprint density at radius 2 is 0.565 bits per heavy atom. The first-order valence-corrected chi connectivity index (χ1v) is 38.5. The van der Waals surface area contributed by atoms with Crippen LogP contribution in [0.25, 0.3) is 20.9 Å². The third kappa shape index (κ3) is 13.5. The van der Waals surface area contributed by atoms with Crippen molar-refractivity contribution in [3.8, 4) is 0 Å². The zero-order chi connectivity index (χ0) is 45.8. The van der Waals surface area contributed by atoms with Gasteiger partial charge in [0.2, 0.25) is 0 Å². The minimum atomic E-state index is -4.12. The molecule has 27 heteroatoms. The van der Waals surface area contributed by atoms with E-state index < -0.39 is 70.4 Å². The molecule has 0 aromatic heterocycles. The fourth-order valence-electron chi connectivity index (χ4n) is 9.19. The fourth-order valence-corrected chi connectivity index (χ4v) is 60.7. The second-order valence-corrected chi connectivity index (χ2v) is 44.8. The maximum Gasteiger partial charge on any atom is 0.479 e. The summed E-state index contributed by atoms with van der Waals surface area (Å²) in [6.07, 6.45) is 0.537. The number of hydrogen-bond donors (Lipinski definition) is 0. The molecule has 8 bridgehead atoms. The molecule has 0 aromatic carbocycles. The van der Waals surface area contributed by atoms with Crippen LogP contribution in [0.15, 0.2) is 10.2 Å². The summed E-state index contributed by atoms with van der Waals surface area (Å²) in [4.78, 5) is 8.03. The van der Waals surface area contributed by atoms with Crippen LogP contribution in [0.2, 0.25) is 48.4 Å². The van der Waals surface area contributed by atoms with Gasteiger partial charge in [0, 0.05) is 84.4 Å². The molecule has 0 unspecified atom stereocenters. The summed E-state index contributed by atoms with van der Waals surface area (Å²) >= 11 is 0. The lowest BCUT2D eigenvalue weighted by atomic mass is 10.3. The Kier molecular flexibility index (Phi) is 17.9. The Balaban J connectivity index is 1.86. The van der Waals surface area contributed by atoms with Crippen LogP contribution in [0.1, 0.15) is 103 Å². The van der Waals surface area contributed by atoms with Crippen molar-refractivity contribution in [3.05, 3.63) is 20.9 Å². The maximum absolute atomic E-state index is 9.06. The molecule has 0 amide bonds. The average molecular weight is 1010 g/mol. The second-order valence-electron chi connectivity index (χ2n) is 20.7. The maximum atomic E-state index is 9.06. The van der Waals surface area contributed by atoms with E-state index in [9.17, 15) is 0 Å². The minimum absolute atomic E-state index is 0.0590. The van der Waals surface area contributed by atoms with Crippen molar-refractivity contribution in [2.75, 3.05) is 32.7 Å². The van der Waals surface area contributed by atoms with Crippen LogP contribution in [0, 0.1) is 41.4 Å². The van der Waals surface area contributed by atoms with Crippen LogP contribution >= 0.6 is 0 Å². The largest absolute Gasteiger partial charge is 0.479 e. The van der Waals surface area contributed by atoms with E-state index in [1.165, 1.54) is 0 Å². The third-order valence-electron chi connectivity index (χ3n) is 10.5. The summed E-state index contributed by atoms with van der Waals surface area (Å²) in [7, 11) is -32.1. The Labute approximate surface area is 380 Å². The lowest BCUT2D eigenvalue weighted by Gasteiger charge is -2.64. The quantitative estimate of drug-likeness (QED) is 0.0382. The molecule has 19 nitrogen and oxygen atoms in total. The molecule has 0 aromatic rings. The van der Waals surface area contributed by atoms with Gasteiger partial charge in [-0.15, -0.1) is 0 Å². The minimum Gasteiger partial charge on any atom is -0.373 e. The van der Waals surface area contributed by atoms with Crippen LogP contribution in [-0.4, -0.2) is 108 Å². The normalized spacial score (nSPS) is 36.7. The molecule has 0 N–H and O–H groups in total. The van der Waals surface area contributed by atoms with E-state index in [-0.39, 0.29) is 54.5 Å². The molecule has 62 heavy (non-hydrogen) atoms. The highest BCUT2D eigenvalue weighted by molar-refractivity contribution is 7.03. The van der Waals surface area contributed by atoms with Gasteiger partial charge in [0.15, 0.2) is 0 Å². The second kappa shape index (κ2) is 21.0. The Bertz CT molecular complexity index is 1440. The molecule has 0 radical (unpaired) electrons. The summed E-state index contributed by atoms with van der Waals surface area (Å²) in [5, 5.41) is 7.57. The van der Waals surface area contributed by atoms with Gasteiger partial charge in [-0.1, -0.05) is 107 Å². The van der Waals surface area contributed by atoms with E-state index in [1.807, 2.05) is 0 Å². The van der Waals surface area contributed by atoms with Crippen molar-refractivity contribution < 1.29 is 49.4 Å². The lowest BCUT2D eigenvalue weighted by molar-refractivity contribution is -0.0342. The van der Waals surface area contributed by atoms with Crippen LogP contribution in [0.4, 0.5) is 0 Å². The van der Waals surface area contributed by atoms with Gasteiger partial charge >= 0.3 is 70.4 Å². The van der Waals surface area contributed by atoms with Gasteiger partial charge in [-0.25, -0.2) is 0 Å². The summed E-state index contributed by atoms with van der Waals surface area (Å²) in [5.41, 5.74) is 18.1. The summed E-state index contributed by atoms with van der Waals surface area (Å²) in [6, 6.07) is 3.37. The van der Waals surface area contributed by atoms with Gasteiger partial charge in [-0.2, -0.15) is 0 Å². The van der Waals surface area contributed by atoms with E-state index in [0.29, 0.717) is 74.4 Å². The zero-order valence-electron chi connectivity index (χ0n) is 40.0. The van der Waals surface area contributed by atoms with Crippen molar-refractivity contribution in [3.63, 3.8) is 0 Å². The Morgan fingerprint density at radius 3 is 0.758 bits per heavy atom. The van der Waals surface area contributed by atoms with Crippen molar-refractivity contribution in [2.45, 2.75) is 152 Å². The molecule has 6 saturated heterocycles. The number of rotatable bonds is 24. The molecule has 6 aliphatic rings. The summed E-state index contributed by atoms with van der Waals surface area (Å²) in [5.74, 6) is 0.513. The van der Waals surface area contributed by atoms with Crippen molar-refractivity contribution >= 4 is 70.4 Å². The highest BCUT2D eigenvalue weighted by Gasteiger charge is 2.83. The molecule has 6 rings (SSSR count). The van der Waals surface area contributed by atoms with Crippen LogP contribution in [-0.2, 0) is 49.4 Å². The number of nitrogens with zero attached hydrogens (tertiary/aromatic N) is 7. The first-order chi connectivity index (χ1) is 28.9. The summed E-state index contributed by atoms with van der Waals surface area (Å²) in [6.45, 7) is 32.0. The number of azide groups is 2. The Morgan fingerprint density at radius 1 is 0.355 bits per heavy atom. The molecule has 6 aliphatic heterocycles. The van der Waals surface area contributed by atoms with Crippen molar-refractivity contribution in [2.24, 2.45) is 51.7 Å². The molecular formula is C35H77N7O12Si8. The smallest absolute Gasteiger partial charge is 0.373 e. The highest BCUT2D eigenvalue weighted by Crippen LogP contribution is 2.56. The zero-order valence-corrected chi connectivity index (χ0v) is 48.0. The molecule has 6 heterocycles. The standard InChI is InChI=1S/C35H77N7O12Si8/c1-29(2)22-56-43-55(21-15-18-42(19-16-38-40-36)20-17-39-41-37)44-57(23-30(3)4)48-59(46-56,25-32(7)8)52-62(28-35(13)14)53-60(47-56,26-33(9)10)49-58(45-55,24-31(5)6)51-61(50-57,54-62)27-34(11)12/h29-35H,15-28H2,1-14H3. The molecular weight excluding hydrogens is 935 g/mol. The van der Waals surface area contributed by atoms with Crippen molar-refractivity contribution in [1.29, 1.82) is 0 Å². The SMILES string of the molecule is CC(C)C[Si]12O[Si]3(CCCN(CCN=[N+]=[N-])CCN=[N+]=[N-])O[Si]4(CC(C)C)O[Si](CC(C)C)(O1)O[Si]1(CC(C)C)O[Si](CC(C)C)(O2)O[Si](CC(C)C)(O3)O[Si](CC(C)C)(O4)O1. The molecule has 356 valence electrons. The van der Waals surface area contributed by atoms with Gasteiger partial charge in [0.05, 0.1) is 0 Å². The van der Waals surface area contributed by atoms with E-state index in [4.69, 9.17) is 60.4 Å². The molecule has 0 aliphatic carbocycles. The third-order valence-corrected chi connectivity index (χ3v) is 50.5. The molecule has 0 saturated carbocycles. The molecule has 6 fully saturated rings. The van der Waals surface area contributed by atoms with Crippen molar-refractivity contribution in [1.82, 2.24) is 4.90 Å². The highest BCUT2D eigenvalue weighted by atomic mass is 28.6. The summed E-state index contributed by atoms with van der Waals surface area (Å²) < 4.78 is 93.9. The van der Waals surface area contributed by atoms with Crippen LogP contribution in [0.5, 0.6) is 0 Å². The van der Waals surface area contributed by atoms with E-state index in [2.05, 4.69) is 122 Å². The predicted octanol–water partition coefficient (Wildman–Crippen LogP) is 9.67. The first kappa shape index (κ1) is 52.8. The number of hydrogen-bond acceptors (Lipinski definition) is 15. The van der Waals surface area contributed by atoms with E-state index in [1.54, 1.807) is 0 Å². The van der Waals surface area contributed by atoms with Gasteiger partial charge in [-0.05, 0) is 65.5 Å². The predicted molar refractivity (Wildman–Crippen MR) is 250 cm³/mol. The van der Waals surface area contributed by atoms with Gasteiger partial charge in [0.1, 0.15) is 0 Å². The topological polar surface area (TPSA) is 212 Å². The Hall–Kier alpha value is -0.165. The van der Waals surface area contributed by atoms with E-state index in [0.717, 1.165) is 0 Å². The molecule has 0 atom stereocenters. The van der Waals surface area contributed by atoms with Crippen LogP contribution in [0.3, 0.4) is 0 Å². The van der Waals surface area contributed by atoms with Crippen LogP contribution < -0.4 is 0 Å². The first-order valence-electron chi connectivity index (χ1n) is 23.0. The monoisotopic (exact) mass is 1010 g/mol. The van der Waals surface area contributed by atoms with Gasteiger partial charge in [-0.3, -0.25) is 0 Å². The van der Waals surface area contributed by atoms with Gasteiger partial charge in [0.25, 0.3) is 0 Å². The molecule has 0 spiro atoms. The van der Waals surface area contributed by atoms with Gasteiger partial charge < -0.3 is 54.3 Å².